The molecule has 0 spiro atoms. The van der Waals surface area contributed by atoms with Gasteiger partial charge in [0.05, 0.1) is 22.1 Å². The fourth-order valence-corrected chi connectivity index (χ4v) is 2.82. The number of halogens is 1. The molecule has 19 heavy (non-hydrogen) atoms. The number of phenols is 1. The van der Waals surface area contributed by atoms with E-state index in [-0.39, 0.29) is 11.8 Å². The lowest BCUT2D eigenvalue weighted by Crippen LogP contribution is -2.44. The van der Waals surface area contributed by atoms with Gasteiger partial charge in [-0.05, 0) is 28.1 Å². The summed E-state index contributed by atoms with van der Waals surface area (Å²) in [6.45, 7) is 7.50. The Labute approximate surface area is 121 Å². The van der Waals surface area contributed by atoms with E-state index in [1.807, 2.05) is 6.08 Å². The number of hydrogen-bond donors (Lipinski definition) is 2. The number of rotatable bonds is 3. The van der Waals surface area contributed by atoms with Crippen molar-refractivity contribution in [2.45, 2.75) is 6.04 Å². The van der Waals surface area contributed by atoms with Crippen LogP contribution in [0.15, 0.2) is 29.3 Å². The molecule has 1 heterocycles. The van der Waals surface area contributed by atoms with E-state index in [1.54, 1.807) is 12.1 Å². The van der Waals surface area contributed by atoms with Gasteiger partial charge in [0, 0.05) is 31.7 Å². The van der Waals surface area contributed by atoms with Crippen LogP contribution in [0.5, 0.6) is 5.75 Å². The zero-order valence-corrected chi connectivity index (χ0v) is 12.2. The van der Waals surface area contributed by atoms with Gasteiger partial charge in [-0.1, -0.05) is 6.08 Å². The standard InChI is InChI=1S/C14H16BrN3O/c1-2-13(18-5-3-17-4-6-18)11-7-10(9-16)8-12(15)14(11)19/h2,7-8,13,17,19H,1,3-6H2/t13-/m1/s1. The number of benzene rings is 1. The lowest BCUT2D eigenvalue weighted by atomic mass is 10.0. The maximum absolute atomic E-state index is 10.2. The van der Waals surface area contributed by atoms with Crippen LogP contribution in [0.3, 0.4) is 0 Å². The Morgan fingerprint density at radius 1 is 1.47 bits per heavy atom. The van der Waals surface area contributed by atoms with Crippen LogP contribution in [0.4, 0.5) is 0 Å². The maximum atomic E-state index is 10.2. The van der Waals surface area contributed by atoms with Crippen molar-refractivity contribution >= 4 is 15.9 Å². The summed E-state index contributed by atoms with van der Waals surface area (Å²) in [6, 6.07) is 5.39. The highest BCUT2D eigenvalue weighted by atomic mass is 79.9. The van der Waals surface area contributed by atoms with Crippen LogP contribution in [0, 0.1) is 11.3 Å². The summed E-state index contributed by atoms with van der Waals surface area (Å²) < 4.78 is 0.545. The second kappa shape index (κ2) is 6.20. The second-order valence-corrected chi connectivity index (χ2v) is 5.33. The number of nitrogens with one attached hydrogen (secondary N) is 1. The fourth-order valence-electron chi connectivity index (χ4n) is 2.34. The monoisotopic (exact) mass is 321 g/mol. The number of aromatic hydroxyl groups is 1. The Hall–Kier alpha value is -1.35. The van der Waals surface area contributed by atoms with Gasteiger partial charge in [0.2, 0.25) is 0 Å². The van der Waals surface area contributed by atoms with E-state index in [9.17, 15) is 5.11 Å². The molecule has 2 N–H and O–H groups in total. The predicted molar refractivity (Wildman–Crippen MR) is 77.9 cm³/mol. The average molecular weight is 322 g/mol. The third-order valence-electron chi connectivity index (χ3n) is 3.31. The van der Waals surface area contributed by atoms with Crippen molar-refractivity contribution < 1.29 is 5.11 Å². The van der Waals surface area contributed by atoms with Gasteiger partial charge in [0.15, 0.2) is 0 Å². The smallest absolute Gasteiger partial charge is 0.134 e. The molecule has 1 saturated heterocycles. The van der Waals surface area contributed by atoms with Crippen LogP contribution >= 0.6 is 15.9 Å². The Morgan fingerprint density at radius 2 is 2.16 bits per heavy atom. The van der Waals surface area contributed by atoms with Crippen molar-refractivity contribution in [2.24, 2.45) is 0 Å². The summed E-state index contributed by atoms with van der Waals surface area (Å²) in [5, 5.41) is 22.5. The largest absolute Gasteiger partial charge is 0.506 e. The number of hydrogen-bond acceptors (Lipinski definition) is 4. The van der Waals surface area contributed by atoms with Crippen molar-refractivity contribution in [1.82, 2.24) is 10.2 Å². The molecule has 0 unspecified atom stereocenters. The summed E-state index contributed by atoms with van der Waals surface area (Å²) in [5.41, 5.74) is 1.25. The molecular weight excluding hydrogens is 306 g/mol. The quantitative estimate of drug-likeness (QED) is 0.838. The molecule has 1 aromatic rings. The molecule has 100 valence electrons. The summed E-state index contributed by atoms with van der Waals surface area (Å²) >= 11 is 3.29. The zero-order chi connectivity index (χ0) is 13.8. The normalized spacial score (nSPS) is 17.7. The minimum atomic E-state index is -0.0771. The van der Waals surface area contributed by atoms with Gasteiger partial charge in [0.1, 0.15) is 5.75 Å². The predicted octanol–water partition coefficient (Wildman–Crippen LogP) is 2.16. The molecule has 4 nitrogen and oxygen atoms in total. The van der Waals surface area contributed by atoms with Crippen LogP contribution in [-0.4, -0.2) is 36.2 Å². The van der Waals surface area contributed by atoms with Crippen molar-refractivity contribution in [3.8, 4) is 11.8 Å². The van der Waals surface area contributed by atoms with Crippen molar-refractivity contribution in [2.75, 3.05) is 26.2 Å². The zero-order valence-electron chi connectivity index (χ0n) is 10.6. The molecule has 1 aliphatic rings. The lowest BCUT2D eigenvalue weighted by Gasteiger charge is -2.33. The number of nitrogens with zero attached hydrogens (tertiary/aromatic N) is 2. The van der Waals surface area contributed by atoms with Gasteiger partial charge in [-0.3, -0.25) is 4.90 Å². The lowest BCUT2D eigenvalue weighted by molar-refractivity contribution is 0.201. The van der Waals surface area contributed by atoms with E-state index >= 15 is 0 Å². The third-order valence-corrected chi connectivity index (χ3v) is 3.91. The van der Waals surface area contributed by atoms with Crippen LogP contribution in [0.2, 0.25) is 0 Å². The minimum Gasteiger partial charge on any atom is -0.506 e. The van der Waals surface area contributed by atoms with E-state index < -0.39 is 0 Å². The third kappa shape index (κ3) is 2.98. The maximum Gasteiger partial charge on any atom is 0.134 e. The van der Waals surface area contributed by atoms with Gasteiger partial charge in [-0.2, -0.15) is 5.26 Å². The Morgan fingerprint density at radius 3 is 2.74 bits per heavy atom. The van der Waals surface area contributed by atoms with Crippen molar-refractivity contribution in [3.63, 3.8) is 0 Å². The first-order valence-corrected chi connectivity index (χ1v) is 6.96. The first-order valence-electron chi connectivity index (χ1n) is 6.17. The number of nitriles is 1. The van der Waals surface area contributed by atoms with Crippen molar-refractivity contribution in [3.05, 3.63) is 40.4 Å². The van der Waals surface area contributed by atoms with Gasteiger partial charge >= 0.3 is 0 Å². The van der Waals surface area contributed by atoms with E-state index in [4.69, 9.17) is 5.26 Å². The Bertz CT molecular complexity index is 518. The molecule has 0 saturated carbocycles. The van der Waals surface area contributed by atoms with Gasteiger partial charge in [0.25, 0.3) is 0 Å². The molecular formula is C14H16BrN3O. The first-order chi connectivity index (χ1) is 9.17. The number of phenolic OH excluding ortho intramolecular Hbond substituents is 1. The van der Waals surface area contributed by atoms with Crippen LogP contribution in [0.25, 0.3) is 0 Å². The highest BCUT2D eigenvalue weighted by molar-refractivity contribution is 9.10. The van der Waals surface area contributed by atoms with Gasteiger partial charge in [-0.15, -0.1) is 6.58 Å². The molecule has 1 fully saturated rings. The van der Waals surface area contributed by atoms with Crippen molar-refractivity contribution in [1.29, 1.82) is 5.26 Å². The molecule has 0 aliphatic carbocycles. The molecule has 5 heteroatoms. The highest BCUT2D eigenvalue weighted by Gasteiger charge is 2.23. The molecule has 0 radical (unpaired) electrons. The van der Waals surface area contributed by atoms with Crippen LogP contribution < -0.4 is 5.32 Å². The summed E-state index contributed by atoms with van der Waals surface area (Å²) in [7, 11) is 0. The second-order valence-electron chi connectivity index (χ2n) is 4.47. The van der Waals surface area contributed by atoms with E-state index in [0.29, 0.717) is 10.0 Å². The van der Waals surface area contributed by atoms with Gasteiger partial charge < -0.3 is 10.4 Å². The Balaban J connectivity index is 2.39. The van der Waals surface area contributed by atoms with Crippen LogP contribution in [0.1, 0.15) is 17.2 Å². The summed E-state index contributed by atoms with van der Waals surface area (Å²) in [6.07, 6.45) is 1.81. The molecule has 1 aliphatic heterocycles. The molecule has 1 atom stereocenters. The minimum absolute atomic E-state index is 0.0771. The molecule has 0 aromatic heterocycles. The van der Waals surface area contributed by atoms with Crippen LogP contribution in [-0.2, 0) is 0 Å². The van der Waals surface area contributed by atoms with E-state index in [1.165, 1.54) is 0 Å². The van der Waals surface area contributed by atoms with E-state index in [2.05, 4.69) is 38.8 Å². The SMILES string of the molecule is C=C[C@H](c1cc(C#N)cc(Br)c1O)N1CCNCC1. The highest BCUT2D eigenvalue weighted by Crippen LogP contribution is 2.36. The number of piperazine rings is 1. The molecule has 2 rings (SSSR count). The average Bonchev–Trinajstić information content (AvgIpc) is 2.45. The topological polar surface area (TPSA) is 59.3 Å². The molecule has 1 aromatic carbocycles. The fraction of sp³-hybridized carbons (Fsp3) is 0.357. The van der Waals surface area contributed by atoms with E-state index in [0.717, 1.165) is 31.7 Å². The molecule has 0 bridgehead atoms. The first kappa shape index (κ1) is 14.1. The Kier molecular flexibility index (Phi) is 4.59. The molecule has 0 amide bonds. The summed E-state index contributed by atoms with van der Waals surface area (Å²) in [5.74, 6) is 0.183. The van der Waals surface area contributed by atoms with Gasteiger partial charge in [-0.25, -0.2) is 0 Å². The summed E-state index contributed by atoms with van der Waals surface area (Å²) in [4.78, 5) is 2.24.